The maximum absolute atomic E-state index is 8.33. The Bertz CT molecular complexity index is 272. The number of rotatable bonds is 0. The van der Waals surface area contributed by atoms with Crippen molar-refractivity contribution < 1.29 is 90.0 Å². The average Bonchev–Trinajstić information content (AvgIpc) is 2.08. The van der Waals surface area contributed by atoms with Crippen LogP contribution in [0.4, 0.5) is 28.8 Å². The van der Waals surface area contributed by atoms with Crippen LogP contribution in [0.5, 0.6) is 0 Å². The van der Waals surface area contributed by atoms with Crippen LogP contribution in [0.2, 0.25) is 0 Å². The largest absolute Gasteiger partial charge is 2.00 e. The van der Waals surface area contributed by atoms with E-state index < -0.39 is 36.9 Å². The Morgan fingerprint density at radius 3 is 0.233 bits per heavy atom. The van der Waals surface area contributed by atoms with Crippen LogP contribution in [0.15, 0.2) is 0 Å². The van der Waals surface area contributed by atoms with Gasteiger partial charge < -0.3 is 90.0 Å². The summed E-state index contributed by atoms with van der Waals surface area (Å²) in [7, 11) is 0. The zero-order valence-electron chi connectivity index (χ0n) is 14.6. The van der Waals surface area contributed by atoms with Crippen LogP contribution < -0.4 is 61.3 Å². The van der Waals surface area contributed by atoms with Crippen LogP contribution in [0.3, 0.4) is 0 Å². The van der Waals surface area contributed by atoms with E-state index in [9.17, 15) is 0 Å². The first-order chi connectivity index (χ1) is 10.4. The Hall–Kier alpha value is 0.217. The van der Waals surface area contributed by atoms with Crippen LogP contribution in [0.25, 0.3) is 0 Å². The van der Waals surface area contributed by atoms with Gasteiger partial charge in [-0.3, -0.25) is 0 Å². The van der Waals surface area contributed by atoms with Crippen molar-refractivity contribution in [1.29, 1.82) is 0 Å². The summed E-state index contributed by atoms with van der Waals surface area (Å²) < 4.78 is 0. The van der Waals surface area contributed by atoms with E-state index in [1.54, 1.807) is 0 Å². The minimum atomic E-state index is -2.33. The number of carbonyl (C=O) groups is 6. The molecule has 0 unspecified atom stereocenters. The van der Waals surface area contributed by atoms with Crippen LogP contribution in [-0.2, 0) is 0 Å². The zero-order valence-corrected chi connectivity index (χ0v) is 23.1. The molecule has 0 rings (SSSR count). The van der Waals surface area contributed by atoms with Gasteiger partial charge in [-0.2, -0.15) is 0 Å². The topological polar surface area (TPSA) is 379 Å². The molecule has 0 saturated carbocycles. The fourth-order valence-corrected chi connectivity index (χ4v) is 0. The predicted molar refractivity (Wildman–Crippen MR) is 66.9 cm³/mol. The molecule has 18 nitrogen and oxygen atoms in total. The molecule has 0 saturated heterocycles. The first-order valence-electron chi connectivity index (χ1n) is 3.67. The third-order valence-electron chi connectivity index (χ3n) is 0. The second-order valence-corrected chi connectivity index (χ2v) is 1.50. The number of carbonyl (C=O) groups excluding carboxylic acids is 6. The van der Waals surface area contributed by atoms with Gasteiger partial charge in [0.2, 0.25) is 0 Å². The molecule has 0 aromatic rings. The van der Waals surface area contributed by atoms with Crippen LogP contribution in [0, 0.1) is 0 Å². The van der Waals surface area contributed by atoms with Gasteiger partial charge in [0.25, 0.3) is 0 Å². The summed E-state index contributed by atoms with van der Waals surface area (Å²) in [6, 6.07) is 0. The van der Waals surface area contributed by atoms with Gasteiger partial charge >= 0.3 is 138 Å². The van der Waals surface area contributed by atoms with E-state index >= 15 is 0 Å². The van der Waals surface area contributed by atoms with Crippen LogP contribution >= 0.6 is 0 Å². The molecule has 0 aliphatic rings. The summed E-state index contributed by atoms with van der Waals surface area (Å²) in [5, 5.41) is 100. The molecule has 0 aromatic heterocycles. The Labute approximate surface area is 262 Å². The summed E-state index contributed by atoms with van der Waals surface area (Å²) in [5.41, 5.74) is 0. The van der Waals surface area contributed by atoms with E-state index in [4.69, 9.17) is 90.0 Å². The maximum Gasteiger partial charge on any atom is 2.00 e. The summed E-state index contributed by atoms with van der Waals surface area (Å²) in [4.78, 5) is 50.0. The van der Waals surface area contributed by atoms with Gasteiger partial charge in [0, 0.05) is 0 Å². The zero-order chi connectivity index (χ0) is 21.5. The van der Waals surface area contributed by atoms with Crippen molar-refractivity contribution >= 4 is 175 Å². The molecule has 0 amide bonds. The molecule has 0 bridgehead atoms. The minimum Gasteiger partial charge on any atom is -0.652 e. The van der Waals surface area contributed by atoms with Crippen molar-refractivity contribution in [3.8, 4) is 0 Å². The van der Waals surface area contributed by atoms with Crippen molar-refractivity contribution in [2.75, 3.05) is 0 Å². The molecule has 0 fully saturated rings. The molecule has 0 atom stereocenters. The maximum atomic E-state index is 8.33. The molecular formula is C6Mg6O18. The van der Waals surface area contributed by atoms with Gasteiger partial charge in [0.15, 0.2) is 0 Å². The van der Waals surface area contributed by atoms with E-state index in [0.29, 0.717) is 0 Å². The molecule has 0 aliphatic heterocycles. The first-order valence-corrected chi connectivity index (χ1v) is 3.67. The Morgan fingerprint density at radius 2 is 0.233 bits per heavy atom. The summed E-state index contributed by atoms with van der Waals surface area (Å²) in [6.45, 7) is 0. The van der Waals surface area contributed by atoms with E-state index in [1.807, 2.05) is 0 Å². The predicted octanol–water partition coefficient (Wildman–Crippen LogP) is -17.0. The molecule has 0 radical (unpaired) electrons. The van der Waals surface area contributed by atoms with Crippen molar-refractivity contribution in [3.05, 3.63) is 0 Å². The molecule has 0 aliphatic carbocycles. The molecule has 0 heterocycles. The van der Waals surface area contributed by atoms with E-state index in [2.05, 4.69) is 0 Å². The third-order valence-corrected chi connectivity index (χ3v) is 0. The standard InChI is InChI=1S/6CH2O3.6Mg/c6*2-1(3)4;;;;;;/h6*(H2,2,3,4);;;;;;/q;;;;;;6*+2/p-12. The van der Waals surface area contributed by atoms with Gasteiger partial charge in [0.05, 0.1) is 0 Å². The van der Waals surface area contributed by atoms with Crippen molar-refractivity contribution in [1.82, 2.24) is 0 Å². The second-order valence-electron chi connectivity index (χ2n) is 1.50. The van der Waals surface area contributed by atoms with E-state index in [1.165, 1.54) is 0 Å². The van der Waals surface area contributed by atoms with E-state index in [-0.39, 0.29) is 138 Å². The molecule has 144 valence electrons. The van der Waals surface area contributed by atoms with Crippen LogP contribution in [-0.4, -0.2) is 175 Å². The average molecular weight is 506 g/mol. The van der Waals surface area contributed by atoms with Crippen LogP contribution in [0.1, 0.15) is 0 Å². The quantitative estimate of drug-likeness (QED) is 0.275. The van der Waals surface area contributed by atoms with Gasteiger partial charge in [-0.25, -0.2) is 0 Å². The number of carboxylic acid groups (broad SMARTS) is 12. The molecule has 0 N–H and O–H groups in total. The Balaban J connectivity index is -0.0000000125. The molecule has 0 aromatic carbocycles. The molecule has 0 spiro atoms. The monoisotopic (exact) mass is 504 g/mol. The molecule has 30 heavy (non-hydrogen) atoms. The first kappa shape index (κ1) is 77.7. The van der Waals surface area contributed by atoms with Crippen molar-refractivity contribution in [2.45, 2.75) is 0 Å². The Morgan fingerprint density at radius 1 is 0.233 bits per heavy atom. The molecular weight excluding hydrogens is 506 g/mol. The van der Waals surface area contributed by atoms with Gasteiger partial charge in [-0.15, -0.1) is 0 Å². The van der Waals surface area contributed by atoms with Gasteiger partial charge in [-0.1, -0.05) is 0 Å². The second kappa shape index (κ2) is 70.1. The SMILES string of the molecule is O=C([O-])[O-].O=C([O-])[O-].O=C([O-])[O-].O=C([O-])[O-].O=C([O-])[O-].O=C([O-])[O-].[Mg+2].[Mg+2].[Mg+2].[Mg+2].[Mg+2].[Mg+2]. The smallest absolute Gasteiger partial charge is 0.652 e. The summed E-state index contributed by atoms with van der Waals surface area (Å²) in [6.07, 6.45) is -14.0. The summed E-state index contributed by atoms with van der Waals surface area (Å²) in [5.74, 6) is 0. The van der Waals surface area contributed by atoms with Gasteiger partial charge in [0.1, 0.15) is 0 Å². The normalized spacial score (nSPS) is 4.80. The van der Waals surface area contributed by atoms with E-state index in [0.717, 1.165) is 0 Å². The number of hydrogen-bond acceptors (Lipinski definition) is 18. The fraction of sp³-hybridized carbons (Fsp3) is 0. The van der Waals surface area contributed by atoms with Gasteiger partial charge in [-0.05, 0) is 36.9 Å². The molecule has 24 heteroatoms. The van der Waals surface area contributed by atoms with Crippen molar-refractivity contribution in [3.63, 3.8) is 0 Å². The minimum absolute atomic E-state index is 0. The third kappa shape index (κ3) is 442000. The summed E-state index contributed by atoms with van der Waals surface area (Å²) >= 11 is 0. The number of hydrogen-bond donors (Lipinski definition) is 0. The Kier molecular flexibility index (Phi) is 182. The fourth-order valence-electron chi connectivity index (χ4n) is 0. The van der Waals surface area contributed by atoms with Crippen molar-refractivity contribution in [2.24, 2.45) is 0 Å².